The lowest BCUT2D eigenvalue weighted by atomic mass is 10.1. The third-order valence-corrected chi connectivity index (χ3v) is 4.46. The molecular formula is C21H18N4O2. The number of nitrogens with one attached hydrogen (secondary N) is 2. The highest BCUT2D eigenvalue weighted by Crippen LogP contribution is 2.26. The van der Waals surface area contributed by atoms with Gasteiger partial charge in [0.05, 0.1) is 5.69 Å². The summed E-state index contributed by atoms with van der Waals surface area (Å²) in [6.07, 6.45) is 0. The minimum absolute atomic E-state index is 0.0252. The normalized spacial score (nSPS) is 10.9. The Morgan fingerprint density at radius 3 is 2.30 bits per heavy atom. The van der Waals surface area contributed by atoms with E-state index in [1.807, 2.05) is 55.5 Å². The molecule has 0 atom stereocenters. The fourth-order valence-corrected chi connectivity index (χ4v) is 3.22. The molecule has 1 amide bonds. The molecule has 4 rings (SSSR count). The molecule has 2 aromatic heterocycles. The number of anilines is 1. The van der Waals surface area contributed by atoms with E-state index in [4.69, 9.17) is 0 Å². The number of amides is 1. The van der Waals surface area contributed by atoms with E-state index in [2.05, 4.69) is 15.4 Å². The largest absolute Gasteiger partial charge is 0.322 e. The van der Waals surface area contributed by atoms with E-state index in [9.17, 15) is 9.59 Å². The van der Waals surface area contributed by atoms with Crippen LogP contribution in [0.15, 0.2) is 65.5 Å². The van der Waals surface area contributed by atoms with E-state index in [0.29, 0.717) is 17.0 Å². The van der Waals surface area contributed by atoms with Gasteiger partial charge in [0.25, 0.3) is 11.5 Å². The molecule has 0 fully saturated rings. The van der Waals surface area contributed by atoms with E-state index < -0.39 is 11.5 Å². The zero-order valence-electron chi connectivity index (χ0n) is 15.0. The van der Waals surface area contributed by atoms with Crippen molar-refractivity contribution in [3.8, 4) is 11.1 Å². The molecule has 2 N–H and O–H groups in total. The third kappa shape index (κ3) is 2.91. The first-order valence-electron chi connectivity index (χ1n) is 8.60. The van der Waals surface area contributed by atoms with Crippen molar-refractivity contribution >= 4 is 17.2 Å². The molecule has 2 aromatic carbocycles. The first kappa shape index (κ1) is 16.8. The average Bonchev–Trinajstić information content (AvgIpc) is 2.99. The van der Waals surface area contributed by atoms with Crippen LogP contribution in [0.5, 0.6) is 0 Å². The lowest BCUT2D eigenvalue weighted by Crippen LogP contribution is -2.29. The summed E-state index contributed by atoms with van der Waals surface area (Å²) in [5.41, 5.74) is 3.76. The Bertz CT molecular complexity index is 1190. The summed E-state index contributed by atoms with van der Waals surface area (Å²) >= 11 is 0. The maximum Gasteiger partial charge on any atom is 0.285 e. The molecule has 0 saturated carbocycles. The van der Waals surface area contributed by atoms with Crippen LogP contribution in [0.1, 0.15) is 21.7 Å². The Balaban J connectivity index is 1.85. The van der Waals surface area contributed by atoms with Crippen molar-refractivity contribution in [2.75, 3.05) is 5.32 Å². The summed E-state index contributed by atoms with van der Waals surface area (Å²) in [4.78, 5) is 30.3. The summed E-state index contributed by atoms with van der Waals surface area (Å²) in [6, 6.07) is 18.8. The van der Waals surface area contributed by atoms with Crippen LogP contribution >= 0.6 is 0 Å². The second kappa shape index (κ2) is 6.57. The Morgan fingerprint density at radius 2 is 1.63 bits per heavy atom. The Hall–Kier alpha value is -3.67. The lowest BCUT2D eigenvalue weighted by Gasteiger charge is -2.08. The topological polar surface area (TPSA) is 79.3 Å². The molecule has 0 aliphatic carbocycles. The molecule has 134 valence electrons. The minimum atomic E-state index is -0.473. The van der Waals surface area contributed by atoms with Crippen molar-refractivity contribution in [2.45, 2.75) is 13.8 Å². The smallest absolute Gasteiger partial charge is 0.285 e. The van der Waals surface area contributed by atoms with Gasteiger partial charge in [-0.3, -0.25) is 14.7 Å². The molecule has 0 spiro atoms. The Labute approximate surface area is 155 Å². The second-order valence-electron chi connectivity index (χ2n) is 6.33. The van der Waals surface area contributed by atoms with Gasteiger partial charge in [0, 0.05) is 16.9 Å². The number of aromatic amines is 1. The standard InChI is InChI=1S/C21H18N4O2/c1-13-18(20(26)23-16-11-7-4-8-12-16)21(27)25-19(22-13)17(14(2)24-25)15-9-5-3-6-10-15/h3-12,24H,1-2H3,(H,23,26). The highest BCUT2D eigenvalue weighted by Gasteiger charge is 2.21. The van der Waals surface area contributed by atoms with Crippen molar-refractivity contribution in [3.63, 3.8) is 0 Å². The monoisotopic (exact) mass is 358 g/mol. The molecule has 0 aliphatic rings. The minimum Gasteiger partial charge on any atom is -0.322 e. The first-order chi connectivity index (χ1) is 13.1. The van der Waals surface area contributed by atoms with Gasteiger partial charge in [0.15, 0.2) is 5.65 Å². The molecule has 0 bridgehead atoms. The first-order valence-corrected chi connectivity index (χ1v) is 8.60. The van der Waals surface area contributed by atoms with Crippen LogP contribution in [-0.4, -0.2) is 20.5 Å². The van der Waals surface area contributed by atoms with Gasteiger partial charge >= 0.3 is 0 Å². The van der Waals surface area contributed by atoms with E-state index in [1.165, 1.54) is 4.52 Å². The number of carbonyl (C=O) groups is 1. The van der Waals surface area contributed by atoms with Gasteiger partial charge in [-0.15, -0.1) is 0 Å². The fourth-order valence-electron chi connectivity index (χ4n) is 3.22. The van der Waals surface area contributed by atoms with Gasteiger partial charge in [-0.05, 0) is 31.5 Å². The molecule has 4 aromatic rings. The number of H-pyrrole nitrogens is 1. The molecule has 0 radical (unpaired) electrons. The number of para-hydroxylation sites is 1. The average molecular weight is 358 g/mol. The number of aryl methyl sites for hydroxylation is 2. The maximum atomic E-state index is 13.0. The van der Waals surface area contributed by atoms with Gasteiger partial charge in [0.2, 0.25) is 0 Å². The summed E-state index contributed by atoms with van der Waals surface area (Å²) in [7, 11) is 0. The third-order valence-electron chi connectivity index (χ3n) is 4.46. The molecule has 0 aliphatic heterocycles. The summed E-state index contributed by atoms with van der Waals surface area (Å²) in [5, 5.41) is 5.79. The van der Waals surface area contributed by atoms with E-state index in [0.717, 1.165) is 16.8 Å². The van der Waals surface area contributed by atoms with Gasteiger partial charge in [-0.25, -0.2) is 9.50 Å². The van der Waals surface area contributed by atoms with Crippen LogP contribution in [0.4, 0.5) is 5.69 Å². The van der Waals surface area contributed by atoms with Crippen molar-refractivity contribution in [1.29, 1.82) is 0 Å². The summed E-state index contributed by atoms with van der Waals surface area (Å²) in [6.45, 7) is 3.56. The molecule has 27 heavy (non-hydrogen) atoms. The van der Waals surface area contributed by atoms with Crippen LogP contribution in [0, 0.1) is 13.8 Å². The molecule has 0 saturated heterocycles. The molecule has 2 heterocycles. The second-order valence-corrected chi connectivity index (χ2v) is 6.33. The Kier molecular flexibility index (Phi) is 4.08. The van der Waals surface area contributed by atoms with Crippen LogP contribution < -0.4 is 10.9 Å². The van der Waals surface area contributed by atoms with E-state index in [-0.39, 0.29) is 5.56 Å². The molecule has 6 heteroatoms. The highest BCUT2D eigenvalue weighted by atomic mass is 16.2. The van der Waals surface area contributed by atoms with Crippen molar-refractivity contribution < 1.29 is 4.79 Å². The highest BCUT2D eigenvalue weighted by molar-refractivity contribution is 6.05. The zero-order chi connectivity index (χ0) is 19.0. The van der Waals surface area contributed by atoms with Crippen molar-refractivity contribution in [3.05, 3.63) is 88.0 Å². The maximum absolute atomic E-state index is 13.0. The van der Waals surface area contributed by atoms with Crippen LogP contribution in [0.2, 0.25) is 0 Å². The van der Waals surface area contributed by atoms with Gasteiger partial charge < -0.3 is 5.32 Å². The number of hydrogen-bond acceptors (Lipinski definition) is 3. The number of carbonyl (C=O) groups excluding carboxylic acids is 1. The van der Waals surface area contributed by atoms with Crippen LogP contribution in [0.3, 0.4) is 0 Å². The van der Waals surface area contributed by atoms with Crippen LogP contribution in [0.25, 0.3) is 16.8 Å². The number of hydrogen-bond donors (Lipinski definition) is 2. The SMILES string of the molecule is Cc1nc2c(-c3ccccc3)c(C)[nH]n2c(=O)c1C(=O)Nc1ccccc1. The zero-order valence-corrected chi connectivity index (χ0v) is 15.0. The number of benzene rings is 2. The molecule has 0 unspecified atom stereocenters. The van der Waals surface area contributed by atoms with Gasteiger partial charge in [0.1, 0.15) is 5.56 Å². The number of fused-ring (bicyclic) bond motifs is 1. The van der Waals surface area contributed by atoms with Crippen LogP contribution in [-0.2, 0) is 0 Å². The predicted octanol–water partition coefficient (Wildman–Crippen LogP) is 3.56. The Morgan fingerprint density at radius 1 is 1.00 bits per heavy atom. The molecule has 6 nitrogen and oxygen atoms in total. The van der Waals surface area contributed by atoms with Crippen molar-refractivity contribution in [1.82, 2.24) is 14.6 Å². The number of aromatic nitrogens is 3. The van der Waals surface area contributed by atoms with E-state index >= 15 is 0 Å². The predicted molar refractivity (Wildman–Crippen MR) is 105 cm³/mol. The quantitative estimate of drug-likeness (QED) is 0.588. The van der Waals surface area contributed by atoms with Gasteiger partial charge in [-0.1, -0.05) is 48.5 Å². The number of rotatable bonds is 3. The van der Waals surface area contributed by atoms with E-state index in [1.54, 1.807) is 19.1 Å². The summed E-state index contributed by atoms with van der Waals surface area (Å²) < 4.78 is 1.34. The van der Waals surface area contributed by atoms with Gasteiger partial charge in [-0.2, -0.15) is 0 Å². The molecular weight excluding hydrogens is 340 g/mol. The fraction of sp³-hybridized carbons (Fsp3) is 0.0952. The van der Waals surface area contributed by atoms with Crippen molar-refractivity contribution in [2.24, 2.45) is 0 Å². The lowest BCUT2D eigenvalue weighted by molar-refractivity contribution is 0.102. The number of nitrogens with zero attached hydrogens (tertiary/aromatic N) is 2. The summed E-state index contributed by atoms with van der Waals surface area (Å²) in [5.74, 6) is -0.473.